The molecule has 0 bridgehead atoms. The molecule has 0 radical (unpaired) electrons. The van der Waals surface area contributed by atoms with Crippen LogP contribution in [0.1, 0.15) is 35.2 Å². The Morgan fingerprint density at radius 2 is 2.07 bits per heavy atom. The van der Waals surface area contributed by atoms with E-state index in [2.05, 4.69) is 36.4 Å². The minimum absolute atomic E-state index is 0.0358. The first-order valence-corrected chi connectivity index (χ1v) is 10.1. The molecule has 6 nitrogen and oxygen atoms in total. The number of hydrogen-bond acceptors (Lipinski definition) is 5. The van der Waals surface area contributed by atoms with Crippen molar-refractivity contribution >= 4 is 27.7 Å². The van der Waals surface area contributed by atoms with Gasteiger partial charge in [0.25, 0.3) is 5.91 Å². The summed E-state index contributed by atoms with van der Waals surface area (Å²) < 4.78 is 0.958. The number of pyridine rings is 1. The van der Waals surface area contributed by atoms with Gasteiger partial charge in [-0.25, -0.2) is 4.98 Å². The van der Waals surface area contributed by atoms with Crippen molar-refractivity contribution in [2.75, 3.05) is 18.0 Å². The summed E-state index contributed by atoms with van der Waals surface area (Å²) in [6, 6.07) is 9.92. The number of rotatable bonds is 6. The number of phenolic OH excluding ortho intramolecular Hbond substituents is 1. The van der Waals surface area contributed by atoms with E-state index < -0.39 is 0 Å². The van der Waals surface area contributed by atoms with Crippen LogP contribution in [0, 0.1) is 0 Å². The van der Waals surface area contributed by atoms with Crippen molar-refractivity contribution in [1.29, 1.82) is 0 Å². The highest BCUT2D eigenvalue weighted by Gasteiger charge is 2.25. The maximum Gasteiger partial charge on any atom is 0.253 e. The highest BCUT2D eigenvalue weighted by Crippen LogP contribution is 2.23. The molecule has 1 aromatic carbocycles. The van der Waals surface area contributed by atoms with Crippen LogP contribution in [0.25, 0.3) is 0 Å². The Hall–Kier alpha value is -2.12. The SMILES string of the molecule is O=C(NC1CC1)c1ccc(N2CCC(NCc3cc(Br)ccc3O)C2)nc1. The molecule has 142 valence electrons. The van der Waals surface area contributed by atoms with Crippen LogP contribution in [0.4, 0.5) is 5.82 Å². The topological polar surface area (TPSA) is 77.5 Å². The highest BCUT2D eigenvalue weighted by atomic mass is 79.9. The first-order valence-electron chi connectivity index (χ1n) is 9.31. The van der Waals surface area contributed by atoms with Crippen molar-refractivity contribution in [3.8, 4) is 5.75 Å². The average Bonchev–Trinajstić information content (AvgIpc) is 3.36. The van der Waals surface area contributed by atoms with E-state index in [-0.39, 0.29) is 5.91 Å². The third kappa shape index (κ3) is 4.59. The summed E-state index contributed by atoms with van der Waals surface area (Å²) in [6.07, 6.45) is 4.84. The number of aromatic hydroxyl groups is 1. The van der Waals surface area contributed by atoms with E-state index >= 15 is 0 Å². The third-order valence-electron chi connectivity index (χ3n) is 5.06. The van der Waals surface area contributed by atoms with Crippen molar-refractivity contribution in [3.05, 3.63) is 52.1 Å². The Bertz CT molecular complexity index is 823. The van der Waals surface area contributed by atoms with Gasteiger partial charge in [-0.1, -0.05) is 15.9 Å². The Labute approximate surface area is 167 Å². The van der Waals surface area contributed by atoms with Gasteiger partial charge >= 0.3 is 0 Å². The number of amides is 1. The number of phenols is 1. The largest absolute Gasteiger partial charge is 0.508 e. The van der Waals surface area contributed by atoms with Crippen molar-refractivity contribution in [3.63, 3.8) is 0 Å². The van der Waals surface area contributed by atoms with Gasteiger partial charge in [0, 0.05) is 48.0 Å². The first kappa shape index (κ1) is 18.3. The van der Waals surface area contributed by atoms with E-state index in [1.807, 2.05) is 24.3 Å². The molecule has 1 unspecified atom stereocenters. The summed E-state index contributed by atoms with van der Waals surface area (Å²) in [4.78, 5) is 18.8. The number of anilines is 1. The zero-order valence-corrected chi connectivity index (χ0v) is 16.6. The smallest absolute Gasteiger partial charge is 0.253 e. The fourth-order valence-corrected chi connectivity index (χ4v) is 3.70. The number of aromatic nitrogens is 1. The van der Waals surface area contributed by atoms with E-state index in [9.17, 15) is 9.90 Å². The number of halogens is 1. The van der Waals surface area contributed by atoms with Crippen LogP contribution in [0.3, 0.4) is 0 Å². The normalized spacial score (nSPS) is 19.3. The van der Waals surface area contributed by atoms with Gasteiger partial charge in [0.15, 0.2) is 0 Å². The Morgan fingerprint density at radius 3 is 2.81 bits per heavy atom. The van der Waals surface area contributed by atoms with Crippen LogP contribution < -0.4 is 15.5 Å². The molecule has 2 fully saturated rings. The summed E-state index contributed by atoms with van der Waals surface area (Å²) in [5.41, 5.74) is 1.50. The fourth-order valence-electron chi connectivity index (χ4n) is 3.29. The number of hydrogen-bond donors (Lipinski definition) is 3. The number of carbonyl (C=O) groups excluding carboxylic acids is 1. The van der Waals surface area contributed by atoms with Crippen molar-refractivity contribution in [2.24, 2.45) is 0 Å². The van der Waals surface area contributed by atoms with Gasteiger partial charge in [-0.2, -0.15) is 0 Å². The van der Waals surface area contributed by atoms with E-state index in [0.717, 1.165) is 48.2 Å². The standard InChI is InChI=1S/C20H23BrN4O2/c21-15-2-5-18(26)14(9-15)11-22-17-7-8-25(12-17)19-6-1-13(10-23-19)20(27)24-16-3-4-16/h1-2,5-6,9-10,16-17,22,26H,3-4,7-8,11-12H2,(H,24,27). The van der Waals surface area contributed by atoms with E-state index in [1.165, 1.54) is 0 Å². The van der Waals surface area contributed by atoms with Gasteiger partial charge in [-0.3, -0.25) is 4.79 Å². The van der Waals surface area contributed by atoms with Crippen LogP contribution in [0.5, 0.6) is 5.75 Å². The highest BCUT2D eigenvalue weighted by molar-refractivity contribution is 9.10. The Balaban J connectivity index is 1.31. The molecule has 2 aliphatic rings. The van der Waals surface area contributed by atoms with Gasteiger partial charge in [0.2, 0.25) is 0 Å². The molecule has 1 saturated heterocycles. The lowest BCUT2D eigenvalue weighted by Crippen LogP contribution is -2.32. The first-order chi connectivity index (χ1) is 13.1. The fraction of sp³-hybridized carbons (Fsp3) is 0.400. The molecule has 1 amide bonds. The maximum absolute atomic E-state index is 12.1. The Kier molecular flexibility index (Phi) is 5.31. The van der Waals surface area contributed by atoms with Crippen LogP contribution in [0.15, 0.2) is 41.0 Å². The number of benzene rings is 1. The number of nitrogens with zero attached hydrogens (tertiary/aromatic N) is 2. The molecule has 1 saturated carbocycles. The van der Waals surface area contributed by atoms with E-state index in [0.29, 0.717) is 29.9 Å². The molecule has 1 aliphatic carbocycles. The minimum Gasteiger partial charge on any atom is -0.508 e. The summed E-state index contributed by atoms with van der Waals surface area (Å²) in [7, 11) is 0. The monoisotopic (exact) mass is 430 g/mol. The second-order valence-corrected chi connectivity index (χ2v) is 8.15. The van der Waals surface area contributed by atoms with Gasteiger partial charge in [0.1, 0.15) is 11.6 Å². The molecular weight excluding hydrogens is 408 g/mol. The van der Waals surface area contributed by atoms with Crippen LogP contribution in [-0.4, -0.2) is 41.2 Å². The number of nitrogens with one attached hydrogen (secondary N) is 2. The third-order valence-corrected chi connectivity index (χ3v) is 5.55. The zero-order chi connectivity index (χ0) is 18.8. The molecule has 1 aliphatic heterocycles. The van der Waals surface area contributed by atoms with Crippen LogP contribution >= 0.6 is 15.9 Å². The van der Waals surface area contributed by atoms with Crippen molar-refractivity contribution in [2.45, 2.75) is 37.9 Å². The summed E-state index contributed by atoms with van der Waals surface area (Å²) in [6.45, 7) is 2.40. The average molecular weight is 431 g/mol. The minimum atomic E-state index is -0.0358. The summed E-state index contributed by atoms with van der Waals surface area (Å²) in [5, 5.41) is 16.4. The lowest BCUT2D eigenvalue weighted by atomic mass is 10.2. The molecular formula is C20H23BrN4O2. The van der Waals surface area contributed by atoms with Gasteiger partial charge in [-0.15, -0.1) is 0 Å². The van der Waals surface area contributed by atoms with Gasteiger partial charge in [-0.05, 0) is 49.6 Å². The predicted molar refractivity (Wildman–Crippen MR) is 108 cm³/mol. The van der Waals surface area contributed by atoms with E-state index in [1.54, 1.807) is 12.3 Å². The molecule has 4 rings (SSSR count). The number of carbonyl (C=O) groups is 1. The van der Waals surface area contributed by atoms with E-state index in [4.69, 9.17) is 0 Å². The molecule has 2 heterocycles. The lowest BCUT2D eigenvalue weighted by molar-refractivity contribution is 0.0950. The summed E-state index contributed by atoms with van der Waals surface area (Å²) in [5.74, 6) is 1.17. The second-order valence-electron chi connectivity index (χ2n) is 7.24. The van der Waals surface area contributed by atoms with Gasteiger partial charge < -0.3 is 20.6 Å². The quantitative estimate of drug-likeness (QED) is 0.656. The van der Waals surface area contributed by atoms with Crippen LogP contribution in [0.2, 0.25) is 0 Å². The Morgan fingerprint density at radius 1 is 1.22 bits per heavy atom. The van der Waals surface area contributed by atoms with Gasteiger partial charge in [0.05, 0.1) is 5.56 Å². The van der Waals surface area contributed by atoms with Crippen molar-refractivity contribution < 1.29 is 9.90 Å². The molecule has 1 atom stereocenters. The van der Waals surface area contributed by atoms with Crippen LogP contribution in [-0.2, 0) is 6.54 Å². The lowest BCUT2D eigenvalue weighted by Gasteiger charge is -2.18. The molecule has 2 aromatic rings. The summed E-state index contributed by atoms with van der Waals surface area (Å²) >= 11 is 3.44. The molecule has 27 heavy (non-hydrogen) atoms. The molecule has 7 heteroatoms. The zero-order valence-electron chi connectivity index (χ0n) is 15.0. The molecule has 3 N–H and O–H groups in total. The predicted octanol–water partition coefficient (Wildman–Crippen LogP) is 2.81. The molecule has 0 spiro atoms. The second kappa shape index (κ2) is 7.86. The maximum atomic E-state index is 12.1. The van der Waals surface area contributed by atoms with Crippen molar-refractivity contribution in [1.82, 2.24) is 15.6 Å². The molecule has 1 aromatic heterocycles.